The first kappa shape index (κ1) is 20.2. The summed E-state index contributed by atoms with van der Waals surface area (Å²) in [6.07, 6.45) is 0. The van der Waals surface area contributed by atoms with Crippen LogP contribution in [-0.2, 0) is 16.1 Å². The van der Waals surface area contributed by atoms with E-state index in [0.717, 1.165) is 21.1 Å². The molecule has 3 aromatic rings. The van der Waals surface area contributed by atoms with Gasteiger partial charge in [0.05, 0.1) is 13.7 Å². The first-order valence-corrected chi connectivity index (χ1v) is 9.67. The molecule has 0 fully saturated rings. The van der Waals surface area contributed by atoms with Crippen LogP contribution in [0.3, 0.4) is 0 Å². The van der Waals surface area contributed by atoms with Gasteiger partial charge >= 0.3 is 0 Å². The van der Waals surface area contributed by atoms with Crippen molar-refractivity contribution >= 4 is 38.4 Å². The number of hydrogen-bond acceptors (Lipinski definition) is 4. The second-order valence-electron chi connectivity index (χ2n) is 6.26. The van der Waals surface area contributed by atoms with Crippen LogP contribution in [0.5, 0.6) is 11.5 Å². The maximum atomic E-state index is 12.7. The standard InChI is InChI=1S/C21H23BrN2O4/c1-14-21(22)16-6-4-5-7-17(16)24(14)13-20(25)23-15-8-9-18(27-3)19(12-15)28-11-10-26-2/h4-9,12H,10-11,13H2,1-3H3,(H,23,25). The van der Waals surface area contributed by atoms with Gasteiger partial charge < -0.3 is 24.1 Å². The number of hydrogen-bond donors (Lipinski definition) is 1. The quantitative estimate of drug-likeness (QED) is 0.521. The van der Waals surface area contributed by atoms with E-state index in [4.69, 9.17) is 14.2 Å². The average Bonchev–Trinajstić information content (AvgIpc) is 2.93. The van der Waals surface area contributed by atoms with Crippen molar-refractivity contribution in [2.45, 2.75) is 13.5 Å². The Labute approximate surface area is 172 Å². The van der Waals surface area contributed by atoms with E-state index in [1.165, 1.54) is 0 Å². The van der Waals surface area contributed by atoms with Crippen LogP contribution >= 0.6 is 15.9 Å². The van der Waals surface area contributed by atoms with E-state index in [0.29, 0.717) is 30.4 Å². The predicted octanol–water partition coefficient (Wildman–Crippen LogP) is 4.38. The number of halogens is 1. The molecule has 1 N–H and O–H groups in total. The third-order valence-electron chi connectivity index (χ3n) is 4.45. The minimum absolute atomic E-state index is 0.121. The lowest BCUT2D eigenvalue weighted by molar-refractivity contribution is -0.116. The summed E-state index contributed by atoms with van der Waals surface area (Å²) in [7, 11) is 3.19. The number of carbonyl (C=O) groups is 1. The number of benzene rings is 2. The number of ether oxygens (including phenoxy) is 3. The molecule has 0 saturated carbocycles. The number of amides is 1. The molecule has 6 nitrogen and oxygen atoms in total. The molecule has 0 radical (unpaired) electrons. The molecule has 3 rings (SSSR count). The smallest absolute Gasteiger partial charge is 0.244 e. The molecule has 2 aromatic carbocycles. The minimum Gasteiger partial charge on any atom is -0.493 e. The summed E-state index contributed by atoms with van der Waals surface area (Å²) in [5.74, 6) is 1.04. The van der Waals surface area contributed by atoms with Gasteiger partial charge in [0.15, 0.2) is 11.5 Å². The van der Waals surface area contributed by atoms with E-state index in [2.05, 4.69) is 21.2 Å². The number of nitrogens with zero attached hydrogens (tertiary/aromatic N) is 1. The molecule has 1 amide bonds. The summed E-state index contributed by atoms with van der Waals surface area (Å²) < 4.78 is 19.0. The van der Waals surface area contributed by atoms with E-state index in [1.54, 1.807) is 32.4 Å². The normalized spacial score (nSPS) is 10.9. The first-order valence-electron chi connectivity index (χ1n) is 8.88. The second-order valence-corrected chi connectivity index (χ2v) is 7.05. The van der Waals surface area contributed by atoms with E-state index in [1.807, 2.05) is 35.8 Å². The van der Waals surface area contributed by atoms with Crippen molar-refractivity contribution in [2.75, 3.05) is 32.8 Å². The number of carbonyl (C=O) groups excluding carboxylic acids is 1. The van der Waals surface area contributed by atoms with Gasteiger partial charge in [0.1, 0.15) is 13.2 Å². The van der Waals surface area contributed by atoms with Crippen molar-refractivity contribution in [3.05, 3.63) is 52.6 Å². The molecular weight excluding hydrogens is 424 g/mol. The Morgan fingerprint density at radius 3 is 2.64 bits per heavy atom. The number of nitrogens with one attached hydrogen (secondary N) is 1. The van der Waals surface area contributed by atoms with E-state index in [9.17, 15) is 4.79 Å². The fourth-order valence-electron chi connectivity index (χ4n) is 3.04. The van der Waals surface area contributed by atoms with Crippen LogP contribution in [-0.4, -0.2) is 37.9 Å². The number of methoxy groups -OCH3 is 2. The second kappa shape index (κ2) is 9.12. The monoisotopic (exact) mass is 446 g/mol. The number of fused-ring (bicyclic) bond motifs is 1. The average molecular weight is 447 g/mol. The van der Waals surface area contributed by atoms with Crippen LogP contribution in [0.25, 0.3) is 10.9 Å². The van der Waals surface area contributed by atoms with Crippen LogP contribution in [0.4, 0.5) is 5.69 Å². The van der Waals surface area contributed by atoms with Crippen LogP contribution in [0.2, 0.25) is 0 Å². The zero-order valence-corrected chi connectivity index (χ0v) is 17.7. The SMILES string of the molecule is COCCOc1cc(NC(=O)Cn2c(C)c(Br)c3ccccc32)ccc1OC. The summed E-state index contributed by atoms with van der Waals surface area (Å²) in [6.45, 7) is 3.07. The maximum absolute atomic E-state index is 12.7. The molecule has 0 unspecified atom stereocenters. The van der Waals surface area contributed by atoms with Gasteiger partial charge in [0.2, 0.25) is 5.91 Å². The van der Waals surface area contributed by atoms with Gasteiger partial charge in [0.25, 0.3) is 0 Å². The number of para-hydroxylation sites is 1. The zero-order chi connectivity index (χ0) is 20.1. The highest BCUT2D eigenvalue weighted by atomic mass is 79.9. The molecule has 0 aliphatic rings. The van der Waals surface area contributed by atoms with Gasteiger partial charge in [-0.2, -0.15) is 0 Å². The third kappa shape index (κ3) is 4.31. The van der Waals surface area contributed by atoms with Crippen LogP contribution in [0.1, 0.15) is 5.69 Å². The molecule has 0 spiro atoms. The lowest BCUT2D eigenvalue weighted by Crippen LogP contribution is -2.19. The summed E-state index contributed by atoms with van der Waals surface area (Å²) in [4.78, 5) is 12.7. The lowest BCUT2D eigenvalue weighted by atomic mass is 10.2. The fourth-order valence-corrected chi connectivity index (χ4v) is 3.59. The number of anilines is 1. The van der Waals surface area contributed by atoms with Crippen molar-refractivity contribution < 1.29 is 19.0 Å². The highest BCUT2D eigenvalue weighted by molar-refractivity contribution is 9.10. The highest BCUT2D eigenvalue weighted by Crippen LogP contribution is 2.32. The predicted molar refractivity (Wildman–Crippen MR) is 113 cm³/mol. The summed E-state index contributed by atoms with van der Waals surface area (Å²) >= 11 is 3.62. The molecule has 0 saturated heterocycles. The van der Waals surface area contributed by atoms with Crippen molar-refractivity contribution in [3.63, 3.8) is 0 Å². The highest BCUT2D eigenvalue weighted by Gasteiger charge is 2.15. The molecule has 0 aliphatic carbocycles. The number of aromatic nitrogens is 1. The fraction of sp³-hybridized carbons (Fsp3) is 0.286. The van der Waals surface area contributed by atoms with Crippen LogP contribution in [0.15, 0.2) is 46.9 Å². The maximum Gasteiger partial charge on any atom is 0.244 e. The van der Waals surface area contributed by atoms with Gasteiger partial charge in [-0.3, -0.25) is 4.79 Å². The molecule has 0 bridgehead atoms. The van der Waals surface area contributed by atoms with Gasteiger partial charge in [0, 0.05) is 39.9 Å². The molecule has 28 heavy (non-hydrogen) atoms. The lowest BCUT2D eigenvalue weighted by Gasteiger charge is -2.13. The Kier molecular flexibility index (Phi) is 6.59. The van der Waals surface area contributed by atoms with Crippen LogP contribution in [0, 0.1) is 6.92 Å². The van der Waals surface area contributed by atoms with Crippen molar-refractivity contribution in [1.29, 1.82) is 0 Å². The topological polar surface area (TPSA) is 61.7 Å². The summed E-state index contributed by atoms with van der Waals surface area (Å²) in [6, 6.07) is 13.3. The van der Waals surface area contributed by atoms with Crippen LogP contribution < -0.4 is 14.8 Å². The van der Waals surface area contributed by atoms with Crippen molar-refractivity contribution in [3.8, 4) is 11.5 Å². The molecule has 1 heterocycles. The van der Waals surface area contributed by atoms with Gasteiger partial charge in [-0.05, 0) is 41.1 Å². The Morgan fingerprint density at radius 2 is 1.89 bits per heavy atom. The zero-order valence-electron chi connectivity index (χ0n) is 16.1. The molecule has 0 aliphatic heterocycles. The Balaban J connectivity index is 1.77. The van der Waals surface area contributed by atoms with E-state index in [-0.39, 0.29) is 12.5 Å². The molecule has 1 aromatic heterocycles. The molecule has 7 heteroatoms. The molecule has 0 atom stereocenters. The Morgan fingerprint density at radius 1 is 1.11 bits per heavy atom. The van der Waals surface area contributed by atoms with E-state index >= 15 is 0 Å². The minimum atomic E-state index is -0.121. The third-order valence-corrected chi connectivity index (χ3v) is 5.45. The largest absolute Gasteiger partial charge is 0.493 e. The Bertz CT molecular complexity index is 984. The van der Waals surface area contributed by atoms with E-state index < -0.39 is 0 Å². The summed E-state index contributed by atoms with van der Waals surface area (Å²) in [5.41, 5.74) is 2.67. The van der Waals surface area contributed by atoms with Gasteiger partial charge in [-0.1, -0.05) is 18.2 Å². The van der Waals surface area contributed by atoms with Gasteiger partial charge in [-0.15, -0.1) is 0 Å². The molecule has 148 valence electrons. The van der Waals surface area contributed by atoms with Gasteiger partial charge in [-0.25, -0.2) is 0 Å². The van der Waals surface area contributed by atoms with Crippen molar-refractivity contribution in [1.82, 2.24) is 4.57 Å². The molecular formula is C21H23BrN2O4. The Hall–Kier alpha value is -2.51. The summed E-state index contributed by atoms with van der Waals surface area (Å²) in [5, 5.41) is 4.02. The first-order chi connectivity index (χ1) is 13.5. The number of rotatable bonds is 8. The van der Waals surface area contributed by atoms with Crippen molar-refractivity contribution in [2.24, 2.45) is 0 Å².